The van der Waals surface area contributed by atoms with Crippen molar-refractivity contribution in [2.75, 3.05) is 26.2 Å². The van der Waals surface area contributed by atoms with E-state index in [2.05, 4.69) is 29.6 Å². The van der Waals surface area contributed by atoms with E-state index >= 15 is 0 Å². The van der Waals surface area contributed by atoms with Crippen LogP contribution >= 0.6 is 0 Å². The fraction of sp³-hybridized carbons (Fsp3) is 0.500. The van der Waals surface area contributed by atoms with E-state index in [9.17, 15) is 4.79 Å². The van der Waals surface area contributed by atoms with Gasteiger partial charge in [-0.3, -0.25) is 4.79 Å². The summed E-state index contributed by atoms with van der Waals surface area (Å²) in [6.07, 6.45) is 1.03. The molecule has 1 aromatic rings. The van der Waals surface area contributed by atoms with Gasteiger partial charge in [-0.25, -0.2) is 0 Å². The van der Waals surface area contributed by atoms with Gasteiger partial charge in [-0.1, -0.05) is 30.3 Å². The first kappa shape index (κ1) is 10.8. The Morgan fingerprint density at radius 1 is 1.18 bits per heavy atom. The number of nitrogens with zero attached hydrogens (tertiary/aromatic N) is 1. The molecule has 2 atom stereocenters. The third-order valence-electron chi connectivity index (χ3n) is 3.76. The summed E-state index contributed by atoms with van der Waals surface area (Å²) in [6.45, 7) is 3.62. The van der Waals surface area contributed by atoms with Crippen molar-refractivity contribution in [3.8, 4) is 0 Å². The van der Waals surface area contributed by atoms with Gasteiger partial charge in [0, 0.05) is 32.1 Å². The van der Waals surface area contributed by atoms with Crippen LogP contribution in [0.25, 0.3) is 0 Å². The van der Waals surface area contributed by atoms with Gasteiger partial charge >= 0.3 is 0 Å². The molecule has 1 amide bonds. The van der Waals surface area contributed by atoms with Gasteiger partial charge < -0.3 is 10.2 Å². The molecule has 1 heterocycles. The highest BCUT2D eigenvalue weighted by Gasteiger charge is 2.45. The van der Waals surface area contributed by atoms with E-state index < -0.39 is 0 Å². The molecule has 3 heteroatoms. The molecular weight excluding hydrogens is 212 g/mol. The number of hydrogen-bond donors (Lipinski definition) is 1. The van der Waals surface area contributed by atoms with Crippen molar-refractivity contribution >= 4 is 5.91 Å². The lowest BCUT2D eigenvalue weighted by atomic mass is 10.1. The molecule has 0 aromatic heterocycles. The van der Waals surface area contributed by atoms with E-state index in [1.807, 2.05) is 11.0 Å². The zero-order valence-corrected chi connectivity index (χ0v) is 9.93. The molecule has 0 unspecified atom stereocenters. The highest BCUT2D eigenvalue weighted by atomic mass is 16.2. The molecule has 0 bridgehead atoms. The number of piperazine rings is 1. The molecule has 1 saturated carbocycles. The predicted molar refractivity (Wildman–Crippen MR) is 66.7 cm³/mol. The third kappa shape index (κ3) is 2.20. The summed E-state index contributed by atoms with van der Waals surface area (Å²) >= 11 is 0. The Morgan fingerprint density at radius 3 is 2.59 bits per heavy atom. The molecule has 3 rings (SSSR count). The van der Waals surface area contributed by atoms with Crippen molar-refractivity contribution in [1.82, 2.24) is 10.2 Å². The largest absolute Gasteiger partial charge is 0.340 e. The van der Waals surface area contributed by atoms with Gasteiger partial charge in [0.2, 0.25) is 5.91 Å². The highest BCUT2D eigenvalue weighted by Crippen LogP contribution is 2.48. The van der Waals surface area contributed by atoms with Crippen molar-refractivity contribution in [2.45, 2.75) is 12.3 Å². The van der Waals surface area contributed by atoms with Crippen LogP contribution in [0, 0.1) is 5.92 Å². The number of carbonyl (C=O) groups excluding carboxylic acids is 1. The second-order valence-corrected chi connectivity index (χ2v) is 4.93. The average molecular weight is 230 g/mol. The summed E-state index contributed by atoms with van der Waals surface area (Å²) in [5.74, 6) is 1.08. The van der Waals surface area contributed by atoms with Gasteiger partial charge in [0.05, 0.1) is 0 Å². The van der Waals surface area contributed by atoms with Crippen LogP contribution in [0.1, 0.15) is 17.9 Å². The Morgan fingerprint density at radius 2 is 1.88 bits per heavy atom. The number of amides is 1. The molecule has 1 N–H and O–H groups in total. The van der Waals surface area contributed by atoms with Crippen LogP contribution in [0.3, 0.4) is 0 Å². The predicted octanol–water partition coefficient (Wildman–Crippen LogP) is 1.22. The summed E-state index contributed by atoms with van der Waals surface area (Å²) in [5.41, 5.74) is 1.32. The molecule has 0 spiro atoms. The Balaban J connectivity index is 1.62. The minimum Gasteiger partial charge on any atom is -0.340 e. The van der Waals surface area contributed by atoms with Crippen LogP contribution in [0.15, 0.2) is 30.3 Å². The number of benzene rings is 1. The second kappa shape index (κ2) is 4.49. The van der Waals surface area contributed by atoms with Crippen molar-refractivity contribution in [2.24, 2.45) is 5.92 Å². The van der Waals surface area contributed by atoms with E-state index in [1.165, 1.54) is 5.56 Å². The van der Waals surface area contributed by atoms with E-state index in [0.717, 1.165) is 32.6 Å². The first-order valence-electron chi connectivity index (χ1n) is 6.41. The maximum atomic E-state index is 12.2. The van der Waals surface area contributed by atoms with Gasteiger partial charge in [0.25, 0.3) is 0 Å². The monoisotopic (exact) mass is 230 g/mol. The Labute approximate surface area is 102 Å². The Bertz CT molecular complexity index is 398. The molecule has 1 saturated heterocycles. The molecular formula is C14H18N2O. The summed E-state index contributed by atoms with van der Waals surface area (Å²) in [7, 11) is 0. The molecule has 3 nitrogen and oxygen atoms in total. The molecule has 1 aromatic carbocycles. The van der Waals surface area contributed by atoms with Gasteiger partial charge in [0.15, 0.2) is 0 Å². The summed E-state index contributed by atoms with van der Waals surface area (Å²) < 4.78 is 0. The summed E-state index contributed by atoms with van der Waals surface area (Å²) in [4.78, 5) is 14.3. The molecule has 1 aliphatic carbocycles. The average Bonchev–Trinajstić information content (AvgIpc) is 3.20. The zero-order chi connectivity index (χ0) is 11.7. The summed E-state index contributed by atoms with van der Waals surface area (Å²) in [6, 6.07) is 10.4. The van der Waals surface area contributed by atoms with Gasteiger partial charge in [-0.2, -0.15) is 0 Å². The lowest BCUT2D eigenvalue weighted by Gasteiger charge is -2.27. The normalized spacial score (nSPS) is 27.9. The lowest BCUT2D eigenvalue weighted by Crippen LogP contribution is -2.47. The number of rotatable bonds is 2. The molecule has 2 fully saturated rings. The van der Waals surface area contributed by atoms with Crippen molar-refractivity contribution in [1.29, 1.82) is 0 Å². The van der Waals surface area contributed by atoms with E-state index in [-0.39, 0.29) is 5.92 Å². The first-order chi connectivity index (χ1) is 8.36. The first-order valence-corrected chi connectivity index (χ1v) is 6.41. The standard InChI is InChI=1S/C14H18N2O/c17-14(16-8-6-15-7-9-16)13-10-12(13)11-4-2-1-3-5-11/h1-5,12-13,15H,6-10H2/t12-,13+/m0/s1. The summed E-state index contributed by atoms with van der Waals surface area (Å²) in [5, 5.41) is 3.28. The van der Waals surface area contributed by atoms with Crippen molar-refractivity contribution < 1.29 is 4.79 Å². The SMILES string of the molecule is O=C([C@@H]1C[C@H]1c1ccccc1)N1CCNCC1. The third-order valence-corrected chi connectivity index (χ3v) is 3.76. The Hall–Kier alpha value is -1.35. The van der Waals surface area contributed by atoms with Crippen LogP contribution in [0.4, 0.5) is 0 Å². The number of hydrogen-bond acceptors (Lipinski definition) is 2. The van der Waals surface area contributed by atoms with Crippen LogP contribution < -0.4 is 5.32 Å². The lowest BCUT2D eigenvalue weighted by molar-refractivity contribution is -0.133. The van der Waals surface area contributed by atoms with E-state index in [0.29, 0.717) is 11.8 Å². The molecule has 1 aliphatic heterocycles. The maximum absolute atomic E-state index is 12.2. The van der Waals surface area contributed by atoms with Gasteiger partial charge in [-0.05, 0) is 17.9 Å². The quantitative estimate of drug-likeness (QED) is 0.828. The number of nitrogens with one attached hydrogen (secondary N) is 1. The van der Waals surface area contributed by atoms with Crippen LogP contribution in [-0.4, -0.2) is 37.0 Å². The minimum atomic E-state index is 0.246. The van der Waals surface area contributed by atoms with Crippen molar-refractivity contribution in [3.63, 3.8) is 0 Å². The topological polar surface area (TPSA) is 32.3 Å². The molecule has 2 aliphatic rings. The zero-order valence-electron chi connectivity index (χ0n) is 9.93. The van der Waals surface area contributed by atoms with Crippen molar-refractivity contribution in [3.05, 3.63) is 35.9 Å². The minimum absolute atomic E-state index is 0.246. The van der Waals surface area contributed by atoms with Crippen LogP contribution in [0.5, 0.6) is 0 Å². The van der Waals surface area contributed by atoms with Gasteiger partial charge in [-0.15, -0.1) is 0 Å². The van der Waals surface area contributed by atoms with Gasteiger partial charge in [0.1, 0.15) is 0 Å². The highest BCUT2D eigenvalue weighted by molar-refractivity contribution is 5.83. The smallest absolute Gasteiger partial charge is 0.226 e. The fourth-order valence-corrected chi connectivity index (χ4v) is 2.66. The van der Waals surface area contributed by atoms with Crippen LogP contribution in [0.2, 0.25) is 0 Å². The Kier molecular flexibility index (Phi) is 2.85. The maximum Gasteiger partial charge on any atom is 0.226 e. The fourth-order valence-electron chi connectivity index (χ4n) is 2.66. The van der Waals surface area contributed by atoms with E-state index in [4.69, 9.17) is 0 Å². The molecule has 17 heavy (non-hydrogen) atoms. The van der Waals surface area contributed by atoms with Crippen LogP contribution in [-0.2, 0) is 4.79 Å². The van der Waals surface area contributed by atoms with E-state index in [1.54, 1.807) is 0 Å². The second-order valence-electron chi connectivity index (χ2n) is 4.93. The molecule has 90 valence electrons. The number of carbonyl (C=O) groups is 1. The molecule has 0 radical (unpaired) electrons.